The Morgan fingerprint density at radius 1 is 0.696 bits per heavy atom. The third-order valence-corrected chi connectivity index (χ3v) is 10.9. The van der Waals surface area contributed by atoms with Gasteiger partial charge in [-0.05, 0) is 52.9 Å². The molecule has 1 fully saturated rings. The van der Waals surface area contributed by atoms with Gasteiger partial charge in [0.1, 0.15) is 17.9 Å². The number of nitrogens with zero attached hydrogens (tertiary/aromatic N) is 2. The molecule has 2 aliphatic rings. The zero-order chi connectivity index (χ0) is 31.5. The molecule has 5 nitrogen and oxygen atoms in total. The molecule has 7 rings (SSSR count). The molecule has 230 valence electrons. The van der Waals surface area contributed by atoms with Crippen LogP contribution in [0.25, 0.3) is 0 Å². The van der Waals surface area contributed by atoms with Gasteiger partial charge in [-0.25, -0.2) is 0 Å². The lowest BCUT2D eigenvalue weighted by Gasteiger charge is -2.42. The van der Waals surface area contributed by atoms with E-state index in [0.717, 1.165) is 46.3 Å². The number of carbonyl (C=O) groups excluding carboxylic acids is 2. The maximum absolute atomic E-state index is 14.4. The summed E-state index contributed by atoms with van der Waals surface area (Å²) in [7, 11) is 2.12. The number of benzene rings is 5. The zero-order valence-electron chi connectivity index (χ0n) is 25.5. The van der Waals surface area contributed by atoms with Crippen LogP contribution in [0.5, 0.6) is 5.75 Å². The van der Waals surface area contributed by atoms with E-state index in [1.807, 2.05) is 127 Å². The summed E-state index contributed by atoms with van der Waals surface area (Å²) in [5.74, 6) is 0.607. The van der Waals surface area contributed by atoms with Crippen molar-refractivity contribution < 1.29 is 14.3 Å². The normalized spacial score (nSPS) is 18.0. The molecule has 0 saturated carbocycles. The van der Waals surface area contributed by atoms with E-state index in [2.05, 4.69) is 36.2 Å². The van der Waals surface area contributed by atoms with Gasteiger partial charge in [-0.3, -0.25) is 14.5 Å². The second-order valence-corrected chi connectivity index (χ2v) is 14.1. The number of rotatable bonds is 9. The average Bonchev–Trinajstić information content (AvgIpc) is 3.38. The molecule has 2 heterocycles. The molecule has 2 amide bonds. The average molecular weight is 643 g/mol. The van der Waals surface area contributed by atoms with Gasteiger partial charge in [-0.2, -0.15) is 0 Å². The largest absolute Gasteiger partial charge is 0.492 e. The van der Waals surface area contributed by atoms with Crippen LogP contribution in [-0.4, -0.2) is 46.7 Å². The Labute approximate surface area is 278 Å². The first-order valence-corrected chi connectivity index (χ1v) is 17.2. The number of hydrogen-bond donors (Lipinski definition) is 0. The first kappa shape index (κ1) is 30.2. The van der Waals surface area contributed by atoms with Crippen molar-refractivity contribution in [1.29, 1.82) is 0 Å². The molecule has 0 aliphatic carbocycles. The van der Waals surface area contributed by atoms with Gasteiger partial charge in [-0.15, -0.1) is 11.8 Å². The number of carbonyl (C=O) groups is 2. The molecule has 5 aromatic carbocycles. The summed E-state index contributed by atoms with van der Waals surface area (Å²) in [6.07, 6.45) is 0.445. The van der Waals surface area contributed by atoms with Crippen molar-refractivity contribution in [1.82, 2.24) is 4.90 Å². The van der Waals surface area contributed by atoms with E-state index in [1.165, 1.54) is 15.5 Å². The van der Waals surface area contributed by atoms with Crippen molar-refractivity contribution in [2.45, 2.75) is 27.4 Å². The fourth-order valence-corrected chi connectivity index (χ4v) is 8.87. The van der Waals surface area contributed by atoms with Crippen LogP contribution in [0.4, 0.5) is 10.5 Å². The van der Waals surface area contributed by atoms with Crippen LogP contribution < -0.4 is 9.64 Å². The predicted molar refractivity (Wildman–Crippen MR) is 188 cm³/mol. The Morgan fingerprint density at radius 3 is 1.83 bits per heavy atom. The van der Waals surface area contributed by atoms with Crippen LogP contribution in [0.15, 0.2) is 144 Å². The molecule has 2 atom stereocenters. The first-order chi connectivity index (χ1) is 22.5. The van der Waals surface area contributed by atoms with E-state index in [9.17, 15) is 9.59 Å². The van der Waals surface area contributed by atoms with Crippen LogP contribution >= 0.6 is 23.5 Å². The van der Waals surface area contributed by atoms with E-state index in [1.54, 1.807) is 0 Å². The Bertz CT molecular complexity index is 1720. The monoisotopic (exact) mass is 642 g/mol. The predicted octanol–water partition coefficient (Wildman–Crippen LogP) is 8.27. The van der Waals surface area contributed by atoms with E-state index >= 15 is 0 Å². The molecule has 0 radical (unpaired) electrons. The van der Waals surface area contributed by atoms with Gasteiger partial charge >= 0.3 is 0 Å². The smallest absolute Gasteiger partial charge is 0.290 e. The van der Waals surface area contributed by atoms with Crippen molar-refractivity contribution >= 4 is 40.4 Å². The van der Waals surface area contributed by atoms with Crippen molar-refractivity contribution in [2.75, 3.05) is 25.1 Å². The minimum Gasteiger partial charge on any atom is -0.492 e. The van der Waals surface area contributed by atoms with Gasteiger partial charge in [0.05, 0.1) is 16.2 Å². The van der Waals surface area contributed by atoms with Gasteiger partial charge in [0.25, 0.3) is 5.24 Å². The highest BCUT2D eigenvalue weighted by molar-refractivity contribution is 8.15. The molecule has 0 bridgehead atoms. The fraction of sp³-hybridized carbons (Fsp3) is 0.179. The van der Waals surface area contributed by atoms with Crippen LogP contribution in [0.1, 0.15) is 22.3 Å². The van der Waals surface area contributed by atoms with Crippen LogP contribution in [0.2, 0.25) is 0 Å². The van der Waals surface area contributed by atoms with Crippen molar-refractivity contribution in [2.24, 2.45) is 0 Å². The summed E-state index contributed by atoms with van der Waals surface area (Å²) < 4.78 is 6.20. The second-order valence-electron chi connectivity index (χ2n) is 11.6. The minimum absolute atomic E-state index is 0.189. The molecule has 0 N–H and O–H groups in total. The van der Waals surface area contributed by atoms with E-state index in [0.29, 0.717) is 18.3 Å². The molecule has 1 saturated heterocycles. The summed E-state index contributed by atoms with van der Waals surface area (Å²) >= 11 is 2.97. The fourth-order valence-electron chi connectivity index (χ4n) is 6.52. The molecule has 46 heavy (non-hydrogen) atoms. The molecule has 0 spiro atoms. The summed E-state index contributed by atoms with van der Waals surface area (Å²) in [4.78, 5) is 33.4. The maximum atomic E-state index is 14.4. The molecule has 0 aromatic heterocycles. The molecule has 7 heteroatoms. The SMILES string of the molecule is CN1CC(COc2ccc(CC3SC(=O)N(C(c4ccccc4)(c4ccccc4)c4ccccc4)C3=O)cc2)Sc2ccccc21. The summed E-state index contributed by atoms with van der Waals surface area (Å²) in [5.41, 5.74) is 3.73. The number of ether oxygens (including phenoxy) is 1. The Balaban J connectivity index is 1.11. The molecule has 2 unspecified atom stereocenters. The number of hydrogen-bond acceptors (Lipinski definition) is 6. The van der Waals surface area contributed by atoms with Crippen LogP contribution in [0.3, 0.4) is 0 Å². The topological polar surface area (TPSA) is 49.9 Å². The molecular weight excluding hydrogens is 609 g/mol. The Kier molecular flexibility index (Phi) is 8.61. The number of anilines is 1. The second kappa shape index (κ2) is 13.1. The lowest BCUT2D eigenvalue weighted by atomic mass is 9.75. The van der Waals surface area contributed by atoms with E-state index in [4.69, 9.17) is 4.74 Å². The number of para-hydroxylation sites is 1. The van der Waals surface area contributed by atoms with Crippen LogP contribution in [-0.2, 0) is 16.8 Å². The number of fused-ring (bicyclic) bond motifs is 1. The Hall–Kier alpha value is -4.46. The molecule has 2 aliphatic heterocycles. The highest BCUT2D eigenvalue weighted by atomic mass is 32.2. The van der Waals surface area contributed by atoms with Gasteiger partial charge < -0.3 is 9.64 Å². The highest BCUT2D eigenvalue weighted by Crippen LogP contribution is 2.48. The minimum atomic E-state index is -1.11. The molecule has 5 aromatic rings. The standard InChI is InChI=1S/C39H34N2O3S2/c1-40-26-33(45-35-20-12-11-19-34(35)40)27-44-32-23-21-28(22-24-32)25-36-37(42)41(38(43)46-36)39(29-13-5-2-6-14-29,30-15-7-3-8-16-30)31-17-9-4-10-18-31/h2-24,33,36H,25-27H2,1H3. The van der Waals surface area contributed by atoms with Crippen molar-refractivity contribution in [3.63, 3.8) is 0 Å². The lowest BCUT2D eigenvalue weighted by molar-refractivity contribution is -0.129. The van der Waals surface area contributed by atoms with E-state index in [-0.39, 0.29) is 11.1 Å². The van der Waals surface area contributed by atoms with E-state index < -0.39 is 10.8 Å². The lowest BCUT2D eigenvalue weighted by Crippen LogP contribution is -2.51. The zero-order valence-corrected chi connectivity index (χ0v) is 27.1. The number of thioether (sulfide) groups is 2. The quantitative estimate of drug-likeness (QED) is 0.151. The molecular formula is C39H34N2O3S2. The summed E-state index contributed by atoms with van der Waals surface area (Å²) in [5, 5.41) is -0.463. The van der Waals surface area contributed by atoms with Gasteiger partial charge in [0.2, 0.25) is 5.91 Å². The van der Waals surface area contributed by atoms with Gasteiger partial charge in [-0.1, -0.05) is 127 Å². The third-order valence-electron chi connectivity index (χ3n) is 8.66. The Morgan fingerprint density at radius 2 is 1.24 bits per heavy atom. The van der Waals surface area contributed by atoms with Gasteiger partial charge in [0, 0.05) is 18.5 Å². The summed E-state index contributed by atoms with van der Waals surface area (Å²) in [6.45, 7) is 1.52. The maximum Gasteiger partial charge on any atom is 0.290 e. The van der Waals surface area contributed by atoms with Crippen molar-refractivity contribution in [3.05, 3.63) is 162 Å². The first-order valence-electron chi connectivity index (χ1n) is 15.4. The number of amides is 2. The highest BCUT2D eigenvalue weighted by Gasteiger charge is 2.53. The van der Waals surface area contributed by atoms with Crippen LogP contribution in [0, 0.1) is 0 Å². The van der Waals surface area contributed by atoms with Crippen molar-refractivity contribution in [3.8, 4) is 5.75 Å². The van der Waals surface area contributed by atoms with Gasteiger partial charge in [0.15, 0.2) is 0 Å². The number of imide groups is 1. The summed E-state index contributed by atoms with van der Waals surface area (Å²) in [6, 6.07) is 46.0. The third kappa shape index (κ3) is 5.70.